The Morgan fingerprint density at radius 1 is 1.16 bits per heavy atom. The van der Waals surface area contributed by atoms with Crippen molar-refractivity contribution >= 4 is 26.9 Å². The van der Waals surface area contributed by atoms with E-state index in [9.17, 15) is 13.2 Å². The zero-order valence-electron chi connectivity index (χ0n) is 18.0. The molecule has 0 unspecified atom stereocenters. The maximum atomic E-state index is 13.2. The highest BCUT2D eigenvalue weighted by molar-refractivity contribution is 7.89. The van der Waals surface area contributed by atoms with Crippen molar-refractivity contribution in [3.8, 4) is 11.5 Å². The first-order chi connectivity index (χ1) is 15.3. The molecule has 1 N–H and O–H groups in total. The molecule has 3 aromatic rings. The van der Waals surface area contributed by atoms with Crippen LogP contribution in [0.4, 0.5) is 0 Å². The first-order valence-electron chi connectivity index (χ1n) is 10.5. The van der Waals surface area contributed by atoms with Crippen LogP contribution >= 0.6 is 0 Å². The van der Waals surface area contributed by atoms with Crippen molar-refractivity contribution in [2.24, 2.45) is 0 Å². The zero-order chi connectivity index (χ0) is 22.9. The van der Waals surface area contributed by atoms with Gasteiger partial charge in [0.1, 0.15) is 11.5 Å². The van der Waals surface area contributed by atoms with Crippen LogP contribution in [0.2, 0.25) is 0 Å². The van der Waals surface area contributed by atoms with E-state index in [4.69, 9.17) is 14.6 Å². The summed E-state index contributed by atoms with van der Waals surface area (Å²) in [7, 11) is -3.61. The minimum absolute atomic E-state index is 0.0169. The number of benzene rings is 2. The van der Waals surface area contributed by atoms with E-state index in [0.717, 1.165) is 10.9 Å². The summed E-state index contributed by atoms with van der Waals surface area (Å²) in [5.74, 6) is 0.0923. The molecule has 1 atom stereocenters. The summed E-state index contributed by atoms with van der Waals surface area (Å²) >= 11 is 0. The number of rotatable bonds is 8. The average molecular weight is 459 g/mol. The Morgan fingerprint density at radius 3 is 2.59 bits per heavy atom. The number of sulfonamides is 1. The fourth-order valence-electron chi connectivity index (χ4n) is 4.01. The minimum atomic E-state index is -3.61. The first kappa shape index (κ1) is 22.2. The molecule has 0 radical (unpaired) electrons. The summed E-state index contributed by atoms with van der Waals surface area (Å²) in [5.41, 5.74) is 0.882. The van der Waals surface area contributed by atoms with Crippen molar-refractivity contribution in [1.82, 2.24) is 8.87 Å². The van der Waals surface area contributed by atoms with E-state index >= 15 is 0 Å². The van der Waals surface area contributed by atoms with E-state index in [1.165, 1.54) is 4.31 Å². The van der Waals surface area contributed by atoms with Crippen LogP contribution in [0.15, 0.2) is 59.6 Å². The maximum Gasteiger partial charge on any atom is 0.341 e. The minimum Gasteiger partial charge on any atom is -0.491 e. The molecule has 9 heteroatoms. The molecule has 0 spiro atoms. The van der Waals surface area contributed by atoms with Crippen LogP contribution in [0, 0.1) is 0 Å². The third kappa shape index (κ3) is 4.44. The van der Waals surface area contributed by atoms with Gasteiger partial charge >= 0.3 is 5.97 Å². The Bertz CT molecular complexity index is 1220. The number of carboxylic acid groups (broad SMARTS) is 1. The third-order valence-electron chi connectivity index (χ3n) is 5.43. The summed E-state index contributed by atoms with van der Waals surface area (Å²) < 4.78 is 40.8. The van der Waals surface area contributed by atoms with Crippen molar-refractivity contribution in [3.05, 3.63) is 54.7 Å². The van der Waals surface area contributed by atoms with Gasteiger partial charge in [-0.25, -0.2) is 13.2 Å². The van der Waals surface area contributed by atoms with E-state index in [1.807, 2.05) is 36.7 Å². The molecular formula is C23H26N2O6S. The Balaban J connectivity index is 1.52. The molecule has 0 saturated carbocycles. The number of aromatic nitrogens is 1. The molecule has 0 bridgehead atoms. The largest absolute Gasteiger partial charge is 0.491 e. The van der Waals surface area contributed by atoms with Crippen molar-refractivity contribution in [2.45, 2.75) is 37.3 Å². The molecule has 32 heavy (non-hydrogen) atoms. The molecule has 0 amide bonds. The lowest BCUT2D eigenvalue weighted by atomic mass is 10.2. The quantitative estimate of drug-likeness (QED) is 0.555. The highest BCUT2D eigenvalue weighted by atomic mass is 32.2. The number of carboxylic acids is 1. The van der Waals surface area contributed by atoms with Crippen LogP contribution in [0.3, 0.4) is 0 Å². The highest BCUT2D eigenvalue weighted by Crippen LogP contribution is 2.33. The fourth-order valence-corrected chi connectivity index (χ4v) is 5.50. The van der Waals surface area contributed by atoms with Gasteiger partial charge in [0.05, 0.1) is 16.5 Å². The normalized spacial score (nSPS) is 17.2. The molecule has 170 valence electrons. The average Bonchev–Trinajstić information content (AvgIpc) is 3.39. The Kier molecular flexibility index (Phi) is 6.12. The van der Waals surface area contributed by atoms with Crippen molar-refractivity contribution in [3.63, 3.8) is 0 Å². The summed E-state index contributed by atoms with van der Waals surface area (Å²) in [6.45, 7) is 4.20. The zero-order valence-corrected chi connectivity index (χ0v) is 18.8. The van der Waals surface area contributed by atoms with Gasteiger partial charge in [0.2, 0.25) is 10.0 Å². The van der Waals surface area contributed by atoms with Crippen molar-refractivity contribution in [1.29, 1.82) is 0 Å². The van der Waals surface area contributed by atoms with Crippen molar-refractivity contribution < 1.29 is 27.8 Å². The lowest BCUT2D eigenvalue weighted by Crippen LogP contribution is -2.29. The van der Waals surface area contributed by atoms with Crippen LogP contribution in [0.25, 0.3) is 10.9 Å². The second-order valence-electron chi connectivity index (χ2n) is 8.04. The SMILES string of the molecule is CC(C)Oc1ccc(S(=O)(=O)N2CC[C@H](n3ccc4c(OCC(=O)O)cccc43)C2)cc1. The Morgan fingerprint density at radius 2 is 1.91 bits per heavy atom. The van der Waals surface area contributed by atoms with Crippen LogP contribution in [0.5, 0.6) is 11.5 Å². The molecule has 2 aromatic carbocycles. The topological polar surface area (TPSA) is 98.1 Å². The van der Waals surface area contributed by atoms with Gasteiger partial charge in [-0.2, -0.15) is 4.31 Å². The van der Waals surface area contributed by atoms with Crippen molar-refractivity contribution in [2.75, 3.05) is 19.7 Å². The summed E-state index contributed by atoms with van der Waals surface area (Å²) in [6.07, 6.45) is 2.60. The number of ether oxygens (including phenoxy) is 2. The second kappa shape index (κ2) is 8.84. The van der Waals surface area contributed by atoms with Gasteiger partial charge in [-0.1, -0.05) is 6.07 Å². The summed E-state index contributed by atoms with van der Waals surface area (Å²) in [5, 5.41) is 9.68. The van der Waals surface area contributed by atoms with Crippen LogP contribution in [0.1, 0.15) is 26.3 Å². The predicted octanol–water partition coefficient (Wildman–Crippen LogP) is 3.53. The molecule has 8 nitrogen and oxygen atoms in total. The molecular weight excluding hydrogens is 432 g/mol. The molecule has 1 aliphatic rings. The number of hydrogen-bond acceptors (Lipinski definition) is 5. The Labute approximate surface area is 187 Å². The van der Waals surface area contributed by atoms with Gasteiger partial charge < -0.3 is 19.1 Å². The highest BCUT2D eigenvalue weighted by Gasteiger charge is 2.33. The smallest absolute Gasteiger partial charge is 0.341 e. The molecule has 1 aliphatic heterocycles. The standard InChI is InChI=1S/C23H26N2O6S/c1-16(2)31-18-6-8-19(9-7-18)32(28,29)24-12-10-17(14-24)25-13-11-20-21(25)4-3-5-22(20)30-15-23(26)27/h3-9,11,13,16-17H,10,12,14-15H2,1-2H3,(H,26,27)/t17-/m0/s1. The summed E-state index contributed by atoms with van der Waals surface area (Å²) in [4.78, 5) is 11.1. The first-order valence-corrected chi connectivity index (χ1v) is 11.9. The Hall–Kier alpha value is -3.04. The molecule has 1 saturated heterocycles. The van der Waals surface area contributed by atoms with E-state index < -0.39 is 22.6 Å². The number of hydrogen-bond donors (Lipinski definition) is 1. The fraction of sp³-hybridized carbons (Fsp3) is 0.348. The van der Waals surface area contributed by atoms with E-state index in [0.29, 0.717) is 31.0 Å². The summed E-state index contributed by atoms with van der Waals surface area (Å²) in [6, 6.07) is 13.8. The van der Waals surface area contributed by atoms with Gasteiger partial charge in [-0.15, -0.1) is 0 Å². The van der Waals surface area contributed by atoms with Crippen LogP contribution < -0.4 is 9.47 Å². The van der Waals surface area contributed by atoms with Gasteiger partial charge in [0, 0.05) is 30.7 Å². The van der Waals surface area contributed by atoms with Crippen LogP contribution in [-0.2, 0) is 14.8 Å². The maximum absolute atomic E-state index is 13.2. The van der Waals surface area contributed by atoms with Crippen LogP contribution in [-0.4, -0.2) is 54.2 Å². The lowest BCUT2D eigenvalue weighted by molar-refractivity contribution is -0.139. The monoisotopic (exact) mass is 458 g/mol. The molecule has 1 aromatic heterocycles. The third-order valence-corrected chi connectivity index (χ3v) is 7.31. The number of nitrogens with zero attached hydrogens (tertiary/aromatic N) is 2. The molecule has 1 fully saturated rings. The number of aliphatic carboxylic acids is 1. The van der Waals surface area contributed by atoms with Gasteiger partial charge in [-0.05, 0) is 62.7 Å². The van der Waals surface area contributed by atoms with E-state index in [2.05, 4.69) is 0 Å². The van der Waals surface area contributed by atoms with Gasteiger partial charge in [0.25, 0.3) is 0 Å². The molecule has 0 aliphatic carbocycles. The van der Waals surface area contributed by atoms with E-state index in [-0.39, 0.29) is 17.0 Å². The predicted molar refractivity (Wildman–Crippen MR) is 120 cm³/mol. The molecule has 2 heterocycles. The number of fused-ring (bicyclic) bond motifs is 1. The van der Waals surface area contributed by atoms with Gasteiger partial charge in [-0.3, -0.25) is 0 Å². The van der Waals surface area contributed by atoms with E-state index in [1.54, 1.807) is 36.4 Å². The lowest BCUT2D eigenvalue weighted by Gasteiger charge is -2.18. The van der Waals surface area contributed by atoms with Gasteiger partial charge in [0.15, 0.2) is 6.61 Å². The molecule has 4 rings (SSSR count). The number of carbonyl (C=O) groups is 1. The second-order valence-corrected chi connectivity index (χ2v) is 9.98.